The van der Waals surface area contributed by atoms with Gasteiger partial charge in [0.25, 0.3) is 0 Å². The molecule has 0 aliphatic carbocycles. The van der Waals surface area contributed by atoms with Gasteiger partial charge in [0.15, 0.2) is 5.75 Å². The van der Waals surface area contributed by atoms with E-state index in [1.165, 1.54) is 0 Å². The topological polar surface area (TPSA) is 35.5 Å². The Kier molecular flexibility index (Phi) is 6.35. The third-order valence-electron chi connectivity index (χ3n) is 1.08. The van der Waals surface area contributed by atoms with Crippen molar-refractivity contribution < 1.29 is 33.9 Å². The molecule has 1 unspecified atom stereocenters. The zero-order chi connectivity index (χ0) is 8.81. The molecule has 1 atom stereocenters. The Labute approximate surface area is 91.4 Å². The molecule has 0 amide bonds. The van der Waals surface area contributed by atoms with Gasteiger partial charge in [0.2, 0.25) is 0 Å². The van der Waals surface area contributed by atoms with Crippen LogP contribution < -0.4 is 23.4 Å². The molecule has 0 saturated heterocycles. The fourth-order valence-corrected chi connectivity index (χ4v) is 1.11. The molecule has 1 rings (SSSR count). The smallest absolute Gasteiger partial charge is 1.00 e. The molecule has 1 aromatic rings. The third-order valence-corrected chi connectivity index (χ3v) is 1.76. The second-order valence-corrected chi connectivity index (χ2v) is 2.74. The Bertz CT molecular complexity index is 281. The van der Waals surface area contributed by atoms with E-state index in [1.54, 1.807) is 24.3 Å². The van der Waals surface area contributed by atoms with E-state index in [2.05, 4.69) is 11.1 Å². The maximum Gasteiger partial charge on any atom is 1.00 e. The van der Waals surface area contributed by atoms with Crippen molar-refractivity contribution in [3.63, 3.8) is 0 Å². The standard InChI is InChI=1S/C8H8O3P.Li.H/c1-2-10-12(9)11-8-6-4-3-5-7-8;;/h2-7H,1H2;;/q2*+1;-1. The van der Waals surface area contributed by atoms with E-state index in [9.17, 15) is 4.57 Å². The van der Waals surface area contributed by atoms with Gasteiger partial charge < -0.3 is 1.43 Å². The van der Waals surface area contributed by atoms with E-state index >= 15 is 0 Å². The van der Waals surface area contributed by atoms with Gasteiger partial charge in [-0.15, -0.1) is 0 Å². The molecule has 0 saturated carbocycles. The molecule has 64 valence electrons. The second kappa shape index (κ2) is 6.74. The van der Waals surface area contributed by atoms with E-state index in [4.69, 9.17) is 4.52 Å². The summed E-state index contributed by atoms with van der Waals surface area (Å²) in [6, 6.07) is 8.80. The van der Waals surface area contributed by atoms with E-state index < -0.39 is 8.25 Å². The van der Waals surface area contributed by atoms with Crippen LogP contribution in [0.3, 0.4) is 0 Å². The van der Waals surface area contributed by atoms with Crippen LogP contribution in [-0.2, 0) is 9.09 Å². The van der Waals surface area contributed by atoms with Crippen molar-refractivity contribution in [2.45, 2.75) is 0 Å². The maximum atomic E-state index is 10.8. The normalized spacial score (nSPS) is 9.38. The molecule has 5 heteroatoms. The van der Waals surface area contributed by atoms with Crippen molar-refractivity contribution in [3.05, 3.63) is 43.2 Å². The summed E-state index contributed by atoms with van der Waals surface area (Å²) < 4.78 is 20.2. The SMILES string of the molecule is C=CO[P+](=O)Oc1ccccc1.[H-].[Li+]. The molecule has 0 fully saturated rings. The molecular formula is C8H9LiO3P+. The van der Waals surface area contributed by atoms with Gasteiger partial charge in [-0.1, -0.05) is 24.8 Å². The molecule has 0 spiro atoms. The molecule has 0 heterocycles. The van der Waals surface area contributed by atoms with Gasteiger partial charge in [-0.2, -0.15) is 0 Å². The summed E-state index contributed by atoms with van der Waals surface area (Å²) >= 11 is 0. The van der Waals surface area contributed by atoms with Crippen molar-refractivity contribution >= 4 is 8.25 Å². The van der Waals surface area contributed by atoms with Crippen LogP contribution in [0.5, 0.6) is 5.75 Å². The van der Waals surface area contributed by atoms with E-state index in [0.717, 1.165) is 6.26 Å². The van der Waals surface area contributed by atoms with Crippen LogP contribution in [0.1, 0.15) is 1.43 Å². The molecule has 0 aliphatic heterocycles. The summed E-state index contributed by atoms with van der Waals surface area (Å²) in [6.07, 6.45) is 1.08. The summed E-state index contributed by atoms with van der Waals surface area (Å²) in [5.74, 6) is 0.514. The summed E-state index contributed by atoms with van der Waals surface area (Å²) in [7, 11) is -2.12. The average molecular weight is 191 g/mol. The zero-order valence-corrected chi connectivity index (χ0v) is 8.24. The Hall–Kier alpha value is -0.743. The van der Waals surface area contributed by atoms with Crippen LogP contribution in [0.4, 0.5) is 0 Å². The van der Waals surface area contributed by atoms with Crippen molar-refractivity contribution in [1.82, 2.24) is 0 Å². The largest absolute Gasteiger partial charge is 1.00 e. The van der Waals surface area contributed by atoms with Gasteiger partial charge in [0, 0.05) is 4.57 Å². The minimum Gasteiger partial charge on any atom is -1.00 e. The van der Waals surface area contributed by atoms with Gasteiger partial charge in [-0.05, 0) is 12.1 Å². The summed E-state index contributed by atoms with van der Waals surface area (Å²) in [5, 5.41) is 0. The molecule has 1 aromatic carbocycles. The Morgan fingerprint density at radius 1 is 1.38 bits per heavy atom. The van der Waals surface area contributed by atoms with Crippen LogP contribution in [0.25, 0.3) is 0 Å². The molecule has 3 nitrogen and oxygen atoms in total. The average Bonchev–Trinajstić information content (AvgIpc) is 2.06. The monoisotopic (exact) mass is 191 g/mol. The van der Waals surface area contributed by atoms with Crippen LogP contribution in [0, 0.1) is 0 Å². The van der Waals surface area contributed by atoms with E-state index in [0.29, 0.717) is 5.75 Å². The van der Waals surface area contributed by atoms with E-state index in [-0.39, 0.29) is 20.3 Å². The fourth-order valence-electron chi connectivity index (χ4n) is 0.650. The van der Waals surface area contributed by atoms with Crippen LogP contribution in [-0.4, -0.2) is 0 Å². The molecule has 0 aromatic heterocycles. The summed E-state index contributed by atoms with van der Waals surface area (Å²) in [5.41, 5.74) is 0. The predicted octanol–water partition coefficient (Wildman–Crippen LogP) is -0.000600. The quantitative estimate of drug-likeness (QED) is 0.381. The first-order valence-corrected chi connectivity index (χ1v) is 4.40. The maximum absolute atomic E-state index is 10.8. The first-order chi connectivity index (χ1) is 5.83. The molecular weight excluding hydrogens is 182 g/mol. The second-order valence-electron chi connectivity index (χ2n) is 1.90. The molecule has 0 bridgehead atoms. The first kappa shape index (κ1) is 12.3. The van der Waals surface area contributed by atoms with Crippen molar-refractivity contribution in [1.29, 1.82) is 0 Å². The van der Waals surface area contributed by atoms with Crippen LogP contribution >= 0.6 is 8.25 Å². The molecule has 0 N–H and O–H groups in total. The number of hydrogen-bond donors (Lipinski definition) is 0. The van der Waals surface area contributed by atoms with Crippen molar-refractivity contribution in [2.75, 3.05) is 0 Å². The van der Waals surface area contributed by atoms with Gasteiger partial charge in [-0.3, -0.25) is 0 Å². The van der Waals surface area contributed by atoms with Crippen LogP contribution in [0.2, 0.25) is 0 Å². The van der Waals surface area contributed by atoms with Gasteiger partial charge in [0.1, 0.15) is 6.26 Å². The van der Waals surface area contributed by atoms with Crippen molar-refractivity contribution in [2.24, 2.45) is 0 Å². The Morgan fingerprint density at radius 2 is 2.00 bits per heavy atom. The number of rotatable bonds is 4. The van der Waals surface area contributed by atoms with Gasteiger partial charge in [0.05, 0.1) is 0 Å². The van der Waals surface area contributed by atoms with Gasteiger partial charge in [-0.25, -0.2) is 9.05 Å². The Balaban J connectivity index is 0. The molecule has 13 heavy (non-hydrogen) atoms. The predicted molar refractivity (Wildman–Crippen MR) is 47.1 cm³/mol. The van der Waals surface area contributed by atoms with E-state index in [1.807, 2.05) is 6.07 Å². The summed E-state index contributed by atoms with van der Waals surface area (Å²) in [6.45, 7) is 3.26. The number of hydrogen-bond acceptors (Lipinski definition) is 3. The third kappa shape index (κ3) is 4.75. The van der Waals surface area contributed by atoms with Crippen molar-refractivity contribution in [3.8, 4) is 5.75 Å². The Morgan fingerprint density at radius 3 is 2.54 bits per heavy atom. The number of benzene rings is 1. The summed E-state index contributed by atoms with van der Waals surface area (Å²) in [4.78, 5) is 0. The zero-order valence-electron chi connectivity index (χ0n) is 8.34. The van der Waals surface area contributed by atoms with Gasteiger partial charge >= 0.3 is 27.1 Å². The fraction of sp³-hybridized carbons (Fsp3) is 0. The first-order valence-electron chi connectivity index (χ1n) is 3.31. The minimum absolute atomic E-state index is 0. The van der Waals surface area contributed by atoms with Crippen LogP contribution in [0.15, 0.2) is 43.2 Å². The number of para-hydroxylation sites is 1. The molecule has 0 radical (unpaired) electrons. The minimum atomic E-state index is -2.12. The molecule has 0 aliphatic rings.